The van der Waals surface area contributed by atoms with Crippen LogP contribution >= 0.6 is 0 Å². The number of nitrogens with one attached hydrogen (secondary N) is 3. The van der Waals surface area contributed by atoms with E-state index in [1.165, 1.54) is 0 Å². The summed E-state index contributed by atoms with van der Waals surface area (Å²) in [5.74, 6) is -0.100. The van der Waals surface area contributed by atoms with Crippen molar-refractivity contribution in [1.82, 2.24) is 9.97 Å². The molecule has 0 saturated carbocycles. The van der Waals surface area contributed by atoms with E-state index in [2.05, 4.69) is 15.3 Å². The Labute approximate surface area is 127 Å². The van der Waals surface area contributed by atoms with Crippen molar-refractivity contribution in [2.75, 3.05) is 5.32 Å². The summed E-state index contributed by atoms with van der Waals surface area (Å²) in [5, 5.41) is 4.97. The summed E-state index contributed by atoms with van der Waals surface area (Å²) in [6, 6.07) is 15.5. The van der Waals surface area contributed by atoms with Crippen LogP contribution in [0.25, 0.3) is 21.8 Å². The van der Waals surface area contributed by atoms with Gasteiger partial charge in [-0.2, -0.15) is 0 Å². The van der Waals surface area contributed by atoms with Gasteiger partial charge in [0.2, 0.25) is 0 Å². The van der Waals surface area contributed by atoms with Gasteiger partial charge in [-0.05, 0) is 43.3 Å². The van der Waals surface area contributed by atoms with Gasteiger partial charge in [0.25, 0.3) is 5.91 Å². The normalized spacial score (nSPS) is 11.1. The molecule has 0 saturated heterocycles. The lowest BCUT2D eigenvalue weighted by Crippen LogP contribution is -2.12. The molecule has 0 bridgehead atoms. The Kier molecular flexibility index (Phi) is 2.76. The molecule has 0 aliphatic carbocycles. The van der Waals surface area contributed by atoms with E-state index in [1.54, 1.807) is 0 Å². The second-order valence-corrected chi connectivity index (χ2v) is 5.42. The first kappa shape index (κ1) is 12.7. The van der Waals surface area contributed by atoms with Crippen LogP contribution in [-0.2, 0) is 0 Å². The molecular formula is C18H15N3O. The van der Waals surface area contributed by atoms with Crippen LogP contribution in [0.4, 0.5) is 5.69 Å². The van der Waals surface area contributed by atoms with E-state index in [4.69, 9.17) is 0 Å². The molecule has 0 radical (unpaired) electrons. The zero-order chi connectivity index (χ0) is 15.1. The third-order valence-electron chi connectivity index (χ3n) is 3.89. The molecule has 0 aliphatic rings. The van der Waals surface area contributed by atoms with Gasteiger partial charge in [-0.25, -0.2) is 0 Å². The minimum atomic E-state index is -0.100. The highest BCUT2D eigenvalue weighted by molar-refractivity contribution is 6.14. The first-order valence-corrected chi connectivity index (χ1v) is 7.18. The summed E-state index contributed by atoms with van der Waals surface area (Å²) in [5.41, 5.74) is 4.55. The van der Waals surface area contributed by atoms with Gasteiger partial charge >= 0.3 is 0 Å². The number of hydrogen-bond acceptors (Lipinski definition) is 1. The van der Waals surface area contributed by atoms with E-state index in [1.807, 2.05) is 61.7 Å². The predicted octanol–water partition coefficient (Wildman–Crippen LogP) is 4.21. The third kappa shape index (κ3) is 1.97. The predicted molar refractivity (Wildman–Crippen MR) is 89.3 cm³/mol. The number of carbonyl (C=O) groups excluding carboxylic acids is 1. The fraction of sp³-hybridized carbons (Fsp3) is 0.0556. The number of hydrogen-bond donors (Lipinski definition) is 3. The van der Waals surface area contributed by atoms with Crippen LogP contribution < -0.4 is 5.32 Å². The Hall–Kier alpha value is -3.01. The third-order valence-corrected chi connectivity index (χ3v) is 3.89. The fourth-order valence-electron chi connectivity index (χ4n) is 2.88. The second-order valence-electron chi connectivity index (χ2n) is 5.42. The molecule has 2 heterocycles. The molecule has 4 aromatic rings. The molecule has 0 unspecified atom stereocenters. The summed E-state index contributed by atoms with van der Waals surface area (Å²) in [4.78, 5) is 19.0. The first-order chi connectivity index (χ1) is 10.7. The van der Waals surface area contributed by atoms with Crippen LogP contribution in [0.5, 0.6) is 0 Å². The molecule has 2 aromatic carbocycles. The maximum absolute atomic E-state index is 12.6. The molecule has 4 rings (SSSR count). The Morgan fingerprint density at radius 2 is 1.82 bits per heavy atom. The smallest absolute Gasteiger partial charge is 0.256 e. The SMILES string of the molecule is Cc1cc2c(NC(=O)c3cccc4[nH]ccc34)cccc2[nH]1. The highest BCUT2D eigenvalue weighted by Gasteiger charge is 2.12. The first-order valence-electron chi connectivity index (χ1n) is 7.18. The number of rotatable bonds is 2. The highest BCUT2D eigenvalue weighted by atomic mass is 16.1. The van der Waals surface area contributed by atoms with E-state index in [9.17, 15) is 4.79 Å². The van der Waals surface area contributed by atoms with Gasteiger partial charge in [0, 0.05) is 39.3 Å². The Balaban J connectivity index is 1.76. The van der Waals surface area contributed by atoms with Gasteiger partial charge in [-0.15, -0.1) is 0 Å². The van der Waals surface area contributed by atoms with Gasteiger partial charge < -0.3 is 15.3 Å². The van der Waals surface area contributed by atoms with Gasteiger partial charge in [0.1, 0.15) is 0 Å². The average Bonchev–Trinajstić information content (AvgIpc) is 3.12. The van der Waals surface area contributed by atoms with E-state index < -0.39 is 0 Å². The van der Waals surface area contributed by atoms with E-state index in [0.29, 0.717) is 5.56 Å². The number of H-pyrrole nitrogens is 2. The Bertz CT molecular complexity index is 994. The summed E-state index contributed by atoms with van der Waals surface area (Å²) < 4.78 is 0. The van der Waals surface area contributed by atoms with Crippen molar-refractivity contribution < 1.29 is 4.79 Å². The van der Waals surface area contributed by atoms with Crippen molar-refractivity contribution in [1.29, 1.82) is 0 Å². The standard InChI is InChI=1S/C18H15N3O/c1-11-10-14-16(20-11)6-3-7-17(14)21-18(22)13-4-2-5-15-12(13)8-9-19-15/h2-10,19-20H,1H3,(H,21,22). The molecule has 108 valence electrons. The van der Waals surface area contributed by atoms with Crippen molar-refractivity contribution >= 4 is 33.4 Å². The van der Waals surface area contributed by atoms with Crippen LogP contribution in [0.1, 0.15) is 16.1 Å². The molecule has 1 amide bonds. The number of benzene rings is 2. The molecule has 0 fully saturated rings. The summed E-state index contributed by atoms with van der Waals surface area (Å²) in [6.45, 7) is 2.01. The van der Waals surface area contributed by atoms with Crippen molar-refractivity contribution in [3.8, 4) is 0 Å². The molecule has 22 heavy (non-hydrogen) atoms. The van der Waals surface area contributed by atoms with E-state index in [0.717, 1.165) is 33.2 Å². The number of carbonyl (C=O) groups is 1. The fourth-order valence-corrected chi connectivity index (χ4v) is 2.88. The monoisotopic (exact) mass is 289 g/mol. The molecule has 4 nitrogen and oxygen atoms in total. The molecule has 4 heteroatoms. The zero-order valence-electron chi connectivity index (χ0n) is 12.1. The minimum Gasteiger partial charge on any atom is -0.361 e. The van der Waals surface area contributed by atoms with Gasteiger partial charge in [0.05, 0.1) is 5.69 Å². The molecule has 0 atom stereocenters. The van der Waals surface area contributed by atoms with Crippen molar-refractivity contribution in [2.45, 2.75) is 6.92 Å². The van der Waals surface area contributed by atoms with Crippen LogP contribution in [0.15, 0.2) is 54.7 Å². The summed E-state index contributed by atoms with van der Waals surface area (Å²) >= 11 is 0. The average molecular weight is 289 g/mol. The lowest BCUT2D eigenvalue weighted by molar-refractivity contribution is 0.102. The lowest BCUT2D eigenvalue weighted by atomic mass is 10.1. The number of fused-ring (bicyclic) bond motifs is 2. The molecule has 2 aromatic heterocycles. The van der Waals surface area contributed by atoms with Gasteiger partial charge in [0.15, 0.2) is 0 Å². The summed E-state index contributed by atoms with van der Waals surface area (Å²) in [7, 11) is 0. The molecule has 0 aliphatic heterocycles. The van der Waals surface area contributed by atoms with Crippen LogP contribution in [0, 0.1) is 6.92 Å². The van der Waals surface area contributed by atoms with Crippen molar-refractivity contribution in [2.24, 2.45) is 0 Å². The maximum atomic E-state index is 12.6. The number of aryl methyl sites for hydroxylation is 1. The van der Waals surface area contributed by atoms with E-state index >= 15 is 0 Å². The minimum absolute atomic E-state index is 0.100. The second kappa shape index (κ2) is 4.77. The van der Waals surface area contributed by atoms with Crippen LogP contribution in [0.2, 0.25) is 0 Å². The van der Waals surface area contributed by atoms with Gasteiger partial charge in [-0.1, -0.05) is 12.1 Å². The summed E-state index contributed by atoms with van der Waals surface area (Å²) in [6.07, 6.45) is 1.84. The number of aromatic nitrogens is 2. The molecule has 3 N–H and O–H groups in total. The Morgan fingerprint density at radius 3 is 2.73 bits per heavy atom. The van der Waals surface area contributed by atoms with Crippen molar-refractivity contribution in [3.05, 3.63) is 66.0 Å². The number of amides is 1. The molecule has 0 spiro atoms. The lowest BCUT2D eigenvalue weighted by Gasteiger charge is -2.07. The quantitative estimate of drug-likeness (QED) is 0.508. The van der Waals surface area contributed by atoms with Gasteiger partial charge in [-0.3, -0.25) is 4.79 Å². The van der Waals surface area contributed by atoms with E-state index in [-0.39, 0.29) is 5.91 Å². The number of aromatic amines is 2. The van der Waals surface area contributed by atoms with Crippen LogP contribution in [0.3, 0.4) is 0 Å². The highest BCUT2D eigenvalue weighted by Crippen LogP contribution is 2.25. The van der Waals surface area contributed by atoms with Crippen LogP contribution in [-0.4, -0.2) is 15.9 Å². The topological polar surface area (TPSA) is 60.7 Å². The number of anilines is 1. The largest absolute Gasteiger partial charge is 0.361 e. The Morgan fingerprint density at radius 1 is 1.00 bits per heavy atom. The maximum Gasteiger partial charge on any atom is 0.256 e. The molecular weight excluding hydrogens is 274 g/mol. The van der Waals surface area contributed by atoms with Crippen molar-refractivity contribution in [3.63, 3.8) is 0 Å². The zero-order valence-corrected chi connectivity index (χ0v) is 12.1.